The third-order valence-corrected chi connectivity index (χ3v) is 5.05. The summed E-state index contributed by atoms with van der Waals surface area (Å²) in [5.74, 6) is 0.313. The Balaban J connectivity index is 1.36. The molecule has 11 heteroatoms. The first kappa shape index (κ1) is 20.2. The van der Waals surface area contributed by atoms with Gasteiger partial charge in [0, 0.05) is 12.2 Å². The minimum atomic E-state index is -0.856. The average Bonchev–Trinajstić information content (AvgIpc) is 3.25. The molecule has 0 spiro atoms. The molecule has 1 aromatic heterocycles. The van der Waals surface area contributed by atoms with Crippen molar-refractivity contribution in [3.8, 4) is 17.6 Å². The van der Waals surface area contributed by atoms with Crippen LogP contribution in [0.2, 0.25) is 0 Å². The van der Waals surface area contributed by atoms with Crippen LogP contribution in [0.3, 0.4) is 0 Å². The van der Waals surface area contributed by atoms with Crippen LogP contribution in [0.1, 0.15) is 17.7 Å². The zero-order valence-electron chi connectivity index (χ0n) is 16.4. The number of nitrogens with zero attached hydrogens (tertiary/aromatic N) is 3. The molecule has 0 aliphatic carbocycles. The fraction of sp³-hybridized carbons (Fsp3) is 0.350. The van der Waals surface area contributed by atoms with Gasteiger partial charge in [0.05, 0.1) is 6.54 Å². The van der Waals surface area contributed by atoms with Crippen molar-refractivity contribution in [3.05, 3.63) is 56.4 Å². The van der Waals surface area contributed by atoms with Gasteiger partial charge in [-0.15, -0.1) is 0 Å². The van der Waals surface area contributed by atoms with Gasteiger partial charge in [-0.1, -0.05) is 12.1 Å². The van der Waals surface area contributed by atoms with E-state index in [0.29, 0.717) is 41.1 Å². The van der Waals surface area contributed by atoms with Gasteiger partial charge in [0.1, 0.15) is 24.8 Å². The molecule has 3 amide bonds. The fourth-order valence-corrected chi connectivity index (χ4v) is 3.61. The lowest BCUT2D eigenvalue weighted by Gasteiger charge is -2.26. The van der Waals surface area contributed by atoms with Gasteiger partial charge in [0.2, 0.25) is 5.91 Å². The number of para-hydroxylation sites is 2. The van der Waals surface area contributed by atoms with E-state index in [1.54, 1.807) is 18.2 Å². The lowest BCUT2D eigenvalue weighted by Crippen LogP contribution is -2.49. The highest BCUT2D eigenvalue weighted by Gasteiger charge is 2.24. The van der Waals surface area contributed by atoms with Crippen LogP contribution in [0.25, 0.3) is 0 Å². The van der Waals surface area contributed by atoms with E-state index in [0.717, 1.165) is 0 Å². The fourth-order valence-electron chi connectivity index (χ4n) is 3.61. The Kier molecular flexibility index (Phi) is 5.44. The molecule has 2 N–H and O–H groups in total. The molecule has 2 aliphatic rings. The van der Waals surface area contributed by atoms with E-state index in [-0.39, 0.29) is 18.7 Å². The molecule has 3 heterocycles. The van der Waals surface area contributed by atoms with E-state index >= 15 is 0 Å². The molecule has 31 heavy (non-hydrogen) atoms. The summed E-state index contributed by atoms with van der Waals surface area (Å²) in [7, 11) is 0. The van der Waals surface area contributed by atoms with Gasteiger partial charge >= 0.3 is 11.7 Å². The first-order chi connectivity index (χ1) is 15.0. The maximum Gasteiger partial charge on any atom is 0.331 e. The lowest BCUT2D eigenvalue weighted by molar-refractivity contribution is -0.120. The number of carbonyl (C=O) groups is 2. The SMILES string of the molecule is N#Cc1c2n(c(=O)n(CC(=O)NC(=O)NC[C@@H]3COc4ccccc4O3)c1=O)CCC2. The zero-order chi connectivity index (χ0) is 22.0. The molecule has 0 bridgehead atoms. The van der Waals surface area contributed by atoms with E-state index < -0.39 is 35.8 Å². The minimum Gasteiger partial charge on any atom is -0.486 e. The number of nitrogens with one attached hydrogen (secondary N) is 2. The first-order valence-electron chi connectivity index (χ1n) is 9.70. The number of ether oxygens (including phenoxy) is 2. The number of nitriles is 1. The number of rotatable bonds is 4. The summed E-state index contributed by atoms with van der Waals surface area (Å²) in [5, 5.41) is 13.8. The predicted molar refractivity (Wildman–Crippen MR) is 106 cm³/mol. The molecule has 1 aromatic carbocycles. The van der Waals surface area contributed by atoms with Crippen molar-refractivity contribution in [1.29, 1.82) is 5.26 Å². The van der Waals surface area contributed by atoms with E-state index in [1.807, 2.05) is 12.1 Å². The number of aromatic nitrogens is 2. The summed E-state index contributed by atoms with van der Waals surface area (Å²) in [6.45, 7) is 0.00518. The Bertz CT molecular complexity index is 1210. The van der Waals surface area contributed by atoms with Crippen LogP contribution in [0.15, 0.2) is 33.9 Å². The number of benzene rings is 1. The number of carbonyl (C=O) groups excluding carboxylic acids is 2. The van der Waals surface area contributed by atoms with Crippen LogP contribution in [-0.4, -0.2) is 40.3 Å². The highest BCUT2D eigenvalue weighted by Crippen LogP contribution is 2.30. The van der Waals surface area contributed by atoms with Crippen molar-refractivity contribution in [1.82, 2.24) is 19.8 Å². The number of urea groups is 1. The second-order valence-corrected chi connectivity index (χ2v) is 7.12. The summed E-state index contributed by atoms with van der Waals surface area (Å²) in [6.07, 6.45) is 0.650. The van der Waals surface area contributed by atoms with E-state index in [2.05, 4.69) is 10.6 Å². The molecule has 2 aromatic rings. The van der Waals surface area contributed by atoms with Gasteiger partial charge in [0.25, 0.3) is 5.56 Å². The molecule has 2 aliphatic heterocycles. The molecule has 4 rings (SSSR count). The Hall–Kier alpha value is -4.07. The Labute approximate surface area is 175 Å². The van der Waals surface area contributed by atoms with E-state index in [1.165, 1.54) is 4.57 Å². The van der Waals surface area contributed by atoms with E-state index in [9.17, 15) is 24.4 Å². The van der Waals surface area contributed by atoms with Crippen molar-refractivity contribution in [2.45, 2.75) is 32.0 Å². The second kappa shape index (κ2) is 8.35. The lowest BCUT2D eigenvalue weighted by atomic mass is 10.2. The predicted octanol–water partition coefficient (Wildman–Crippen LogP) is -0.506. The molecule has 11 nitrogen and oxygen atoms in total. The topological polar surface area (TPSA) is 144 Å². The third-order valence-electron chi connectivity index (χ3n) is 5.05. The molecule has 0 saturated heterocycles. The largest absolute Gasteiger partial charge is 0.486 e. The summed E-state index contributed by atoms with van der Waals surface area (Å²) in [4.78, 5) is 49.2. The summed E-state index contributed by atoms with van der Waals surface area (Å²) in [6, 6.07) is 8.13. The van der Waals surface area contributed by atoms with Crippen molar-refractivity contribution in [2.75, 3.05) is 13.2 Å². The summed E-state index contributed by atoms with van der Waals surface area (Å²) in [5.41, 5.74) is -1.26. The molecular weight excluding hydrogens is 406 g/mol. The van der Waals surface area contributed by atoms with Crippen LogP contribution < -0.4 is 31.4 Å². The quantitative estimate of drug-likeness (QED) is 0.671. The highest BCUT2D eigenvalue weighted by atomic mass is 16.6. The van der Waals surface area contributed by atoms with Gasteiger partial charge in [-0.25, -0.2) is 14.2 Å². The van der Waals surface area contributed by atoms with Crippen LogP contribution in [0, 0.1) is 11.3 Å². The average molecular weight is 425 g/mol. The molecule has 160 valence electrons. The van der Waals surface area contributed by atoms with E-state index in [4.69, 9.17) is 9.47 Å². The van der Waals surface area contributed by atoms with Gasteiger partial charge in [-0.2, -0.15) is 5.26 Å². The number of amides is 3. The Morgan fingerprint density at radius 2 is 2.00 bits per heavy atom. The smallest absolute Gasteiger partial charge is 0.331 e. The molecular formula is C20H19N5O6. The molecule has 0 fully saturated rings. The van der Waals surface area contributed by atoms with Crippen LogP contribution in [-0.2, 0) is 24.3 Å². The Morgan fingerprint density at radius 3 is 2.77 bits per heavy atom. The maximum atomic E-state index is 12.5. The number of hydrogen-bond donors (Lipinski definition) is 2. The van der Waals surface area contributed by atoms with Crippen molar-refractivity contribution >= 4 is 11.9 Å². The van der Waals surface area contributed by atoms with Crippen LogP contribution in [0.5, 0.6) is 11.5 Å². The third kappa shape index (κ3) is 4.00. The molecule has 1 atom stereocenters. The maximum absolute atomic E-state index is 12.5. The monoisotopic (exact) mass is 425 g/mol. The number of fused-ring (bicyclic) bond motifs is 2. The molecule has 0 saturated carbocycles. The van der Waals surface area contributed by atoms with Crippen molar-refractivity contribution in [3.63, 3.8) is 0 Å². The zero-order valence-corrected chi connectivity index (χ0v) is 16.4. The summed E-state index contributed by atoms with van der Waals surface area (Å²) < 4.78 is 13.3. The Morgan fingerprint density at radius 1 is 1.23 bits per heavy atom. The normalized spacial score (nSPS) is 16.2. The van der Waals surface area contributed by atoms with Crippen LogP contribution in [0.4, 0.5) is 4.79 Å². The number of hydrogen-bond acceptors (Lipinski definition) is 7. The van der Waals surface area contributed by atoms with Crippen molar-refractivity contribution < 1.29 is 19.1 Å². The van der Waals surface area contributed by atoms with Crippen molar-refractivity contribution in [2.24, 2.45) is 0 Å². The van der Waals surface area contributed by atoms with Gasteiger partial charge < -0.3 is 14.8 Å². The second-order valence-electron chi connectivity index (χ2n) is 7.12. The standard InChI is InChI=1S/C20H19N5O6/c21-8-13-14-4-3-7-24(14)20(29)25(18(13)27)10-17(26)23-19(28)22-9-12-11-30-15-5-1-2-6-16(15)31-12/h1-2,5-6,12H,3-4,7,9-11H2,(H2,22,23,26,28)/t12-/m1/s1. The summed E-state index contributed by atoms with van der Waals surface area (Å²) >= 11 is 0. The van der Waals surface area contributed by atoms with Gasteiger partial charge in [0.15, 0.2) is 17.6 Å². The van der Waals surface area contributed by atoms with Gasteiger partial charge in [-0.05, 0) is 25.0 Å². The molecule has 0 unspecified atom stereocenters. The number of imide groups is 1. The van der Waals surface area contributed by atoms with Crippen LogP contribution >= 0.6 is 0 Å². The first-order valence-corrected chi connectivity index (χ1v) is 9.70. The molecule has 0 radical (unpaired) electrons. The minimum absolute atomic E-state index is 0.0769. The highest BCUT2D eigenvalue weighted by molar-refractivity contribution is 5.94. The van der Waals surface area contributed by atoms with Gasteiger partial charge in [-0.3, -0.25) is 19.5 Å².